The van der Waals surface area contributed by atoms with Crippen LogP contribution < -0.4 is 5.32 Å². The van der Waals surface area contributed by atoms with Crippen LogP contribution in [0.4, 0.5) is 5.69 Å². The molecule has 2 N–H and O–H groups in total. The van der Waals surface area contributed by atoms with Crippen LogP contribution in [0.25, 0.3) is 10.9 Å². The number of fused-ring (bicyclic) bond motifs is 1. The van der Waals surface area contributed by atoms with E-state index in [4.69, 9.17) is 11.6 Å². The molecule has 92 valence electrons. The summed E-state index contributed by atoms with van der Waals surface area (Å²) in [6, 6.07) is 6.25. The number of aryl methyl sites for hydroxylation is 1. The predicted octanol–water partition coefficient (Wildman–Crippen LogP) is 4.20. The summed E-state index contributed by atoms with van der Waals surface area (Å²) in [6.45, 7) is 2.84. The average molecular weight is 278 g/mol. The van der Waals surface area contributed by atoms with Crippen LogP contribution in [-0.4, -0.2) is 9.97 Å². The first-order valence-corrected chi connectivity index (χ1v) is 6.84. The van der Waals surface area contributed by atoms with Crippen molar-refractivity contribution in [2.75, 3.05) is 5.32 Å². The van der Waals surface area contributed by atoms with Crippen molar-refractivity contribution in [1.82, 2.24) is 9.97 Å². The highest BCUT2D eigenvalue weighted by atomic mass is 35.5. The molecule has 3 aromatic rings. The number of benzene rings is 1. The zero-order valence-electron chi connectivity index (χ0n) is 9.83. The monoisotopic (exact) mass is 277 g/mol. The van der Waals surface area contributed by atoms with Crippen molar-refractivity contribution in [3.05, 3.63) is 45.5 Å². The van der Waals surface area contributed by atoms with E-state index in [-0.39, 0.29) is 0 Å². The standard InChI is InChI=1S/C13H12ClN3S/c1-8-5-16-12-10(8)3-2-4-11(12)15-6-9-7-17-13(14)18-9/h2-5,7,15-16H,6H2,1H3. The second-order valence-electron chi connectivity index (χ2n) is 4.13. The summed E-state index contributed by atoms with van der Waals surface area (Å²) in [6.07, 6.45) is 3.83. The molecule has 0 atom stereocenters. The van der Waals surface area contributed by atoms with Gasteiger partial charge in [0.15, 0.2) is 4.47 Å². The lowest BCUT2D eigenvalue weighted by atomic mass is 10.1. The number of hydrogen-bond donors (Lipinski definition) is 2. The highest BCUT2D eigenvalue weighted by Crippen LogP contribution is 2.26. The molecule has 0 unspecified atom stereocenters. The van der Waals surface area contributed by atoms with Gasteiger partial charge in [-0.2, -0.15) is 0 Å². The molecule has 1 aromatic carbocycles. The number of H-pyrrole nitrogens is 1. The van der Waals surface area contributed by atoms with E-state index in [2.05, 4.69) is 40.4 Å². The molecule has 2 heterocycles. The summed E-state index contributed by atoms with van der Waals surface area (Å²) in [5, 5.41) is 4.66. The van der Waals surface area contributed by atoms with Gasteiger partial charge in [-0.15, -0.1) is 11.3 Å². The SMILES string of the molecule is Cc1c[nH]c2c(NCc3cnc(Cl)s3)cccc12. The van der Waals surface area contributed by atoms with Crippen LogP contribution in [0.1, 0.15) is 10.4 Å². The van der Waals surface area contributed by atoms with Crippen LogP contribution in [0.3, 0.4) is 0 Å². The molecule has 0 saturated heterocycles. The number of anilines is 1. The molecular weight excluding hydrogens is 266 g/mol. The summed E-state index contributed by atoms with van der Waals surface area (Å²) < 4.78 is 0.584. The van der Waals surface area contributed by atoms with Gasteiger partial charge in [0.25, 0.3) is 0 Å². The van der Waals surface area contributed by atoms with Crippen molar-refractivity contribution >= 4 is 39.5 Å². The van der Waals surface area contributed by atoms with E-state index in [0.29, 0.717) is 4.47 Å². The number of aromatic amines is 1. The van der Waals surface area contributed by atoms with E-state index in [1.165, 1.54) is 22.3 Å². The van der Waals surface area contributed by atoms with Crippen molar-refractivity contribution in [1.29, 1.82) is 0 Å². The molecule has 0 bridgehead atoms. The van der Waals surface area contributed by atoms with Gasteiger partial charge in [-0.1, -0.05) is 23.7 Å². The van der Waals surface area contributed by atoms with Gasteiger partial charge in [0, 0.05) is 22.7 Å². The minimum absolute atomic E-state index is 0.584. The smallest absolute Gasteiger partial charge is 0.183 e. The summed E-state index contributed by atoms with van der Waals surface area (Å²) >= 11 is 7.31. The van der Waals surface area contributed by atoms with Crippen LogP contribution >= 0.6 is 22.9 Å². The van der Waals surface area contributed by atoms with E-state index in [1.54, 1.807) is 6.20 Å². The molecular formula is C13H12ClN3S. The molecule has 0 fully saturated rings. The number of hydrogen-bond acceptors (Lipinski definition) is 3. The van der Waals surface area contributed by atoms with Crippen LogP contribution in [0.2, 0.25) is 4.47 Å². The molecule has 0 aliphatic carbocycles. The lowest BCUT2D eigenvalue weighted by Crippen LogP contribution is -1.97. The lowest BCUT2D eigenvalue weighted by Gasteiger charge is -2.06. The molecule has 0 aliphatic heterocycles. The lowest BCUT2D eigenvalue weighted by molar-refractivity contribution is 1.18. The van der Waals surface area contributed by atoms with Gasteiger partial charge >= 0.3 is 0 Å². The Balaban J connectivity index is 1.86. The molecule has 18 heavy (non-hydrogen) atoms. The number of aromatic nitrogens is 2. The van der Waals surface area contributed by atoms with E-state index in [0.717, 1.165) is 22.6 Å². The Bertz CT molecular complexity index is 686. The van der Waals surface area contributed by atoms with E-state index >= 15 is 0 Å². The van der Waals surface area contributed by atoms with E-state index in [1.807, 2.05) is 6.20 Å². The first-order valence-electron chi connectivity index (χ1n) is 5.65. The van der Waals surface area contributed by atoms with Gasteiger partial charge in [0.1, 0.15) is 0 Å². The van der Waals surface area contributed by atoms with Crippen molar-refractivity contribution in [2.45, 2.75) is 13.5 Å². The highest BCUT2D eigenvalue weighted by molar-refractivity contribution is 7.15. The number of rotatable bonds is 3. The molecule has 0 saturated carbocycles. The van der Waals surface area contributed by atoms with Crippen LogP contribution in [-0.2, 0) is 6.54 Å². The summed E-state index contributed by atoms with van der Waals surface area (Å²) in [7, 11) is 0. The third kappa shape index (κ3) is 2.09. The Morgan fingerprint density at radius 1 is 1.44 bits per heavy atom. The highest BCUT2D eigenvalue weighted by Gasteiger charge is 2.05. The first-order chi connectivity index (χ1) is 8.74. The minimum Gasteiger partial charge on any atom is -0.378 e. The number of nitrogens with one attached hydrogen (secondary N) is 2. The molecule has 0 aliphatic rings. The number of halogens is 1. The zero-order valence-corrected chi connectivity index (χ0v) is 11.4. The molecule has 5 heteroatoms. The maximum absolute atomic E-state index is 5.81. The fourth-order valence-corrected chi connectivity index (χ4v) is 2.91. The fraction of sp³-hybridized carbons (Fsp3) is 0.154. The Morgan fingerprint density at radius 2 is 2.33 bits per heavy atom. The van der Waals surface area contributed by atoms with E-state index < -0.39 is 0 Å². The van der Waals surface area contributed by atoms with Crippen molar-refractivity contribution < 1.29 is 0 Å². The average Bonchev–Trinajstić information content (AvgIpc) is 2.94. The molecule has 0 spiro atoms. The largest absolute Gasteiger partial charge is 0.378 e. The first kappa shape index (κ1) is 11.6. The minimum atomic E-state index is 0.584. The van der Waals surface area contributed by atoms with Crippen molar-refractivity contribution in [3.63, 3.8) is 0 Å². The third-order valence-corrected chi connectivity index (χ3v) is 4.02. The van der Waals surface area contributed by atoms with Gasteiger partial charge in [-0.05, 0) is 18.6 Å². The zero-order chi connectivity index (χ0) is 12.5. The summed E-state index contributed by atoms with van der Waals surface area (Å²) in [5.41, 5.74) is 3.50. The van der Waals surface area contributed by atoms with Crippen LogP contribution in [0.5, 0.6) is 0 Å². The molecule has 3 nitrogen and oxygen atoms in total. The molecule has 0 radical (unpaired) electrons. The Morgan fingerprint density at radius 3 is 3.11 bits per heavy atom. The Kier molecular flexibility index (Phi) is 2.97. The fourth-order valence-electron chi connectivity index (χ4n) is 1.99. The number of para-hydroxylation sites is 1. The molecule has 2 aromatic heterocycles. The summed E-state index contributed by atoms with van der Waals surface area (Å²) in [4.78, 5) is 8.45. The van der Waals surface area contributed by atoms with Crippen molar-refractivity contribution in [2.24, 2.45) is 0 Å². The second-order valence-corrected chi connectivity index (χ2v) is 5.83. The second kappa shape index (κ2) is 4.63. The normalized spacial score (nSPS) is 11.0. The van der Waals surface area contributed by atoms with Gasteiger partial charge < -0.3 is 10.3 Å². The van der Waals surface area contributed by atoms with E-state index in [9.17, 15) is 0 Å². The predicted molar refractivity (Wildman–Crippen MR) is 77.5 cm³/mol. The van der Waals surface area contributed by atoms with Gasteiger partial charge in [-0.3, -0.25) is 0 Å². The molecule has 3 rings (SSSR count). The quantitative estimate of drug-likeness (QED) is 0.753. The van der Waals surface area contributed by atoms with Gasteiger partial charge in [0.05, 0.1) is 17.7 Å². The van der Waals surface area contributed by atoms with Gasteiger partial charge in [0.2, 0.25) is 0 Å². The Labute approximate surface area is 114 Å². The number of thiazole rings is 1. The topological polar surface area (TPSA) is 40.7 Å². The summed E-state index contributed by atoms with van der Waals surface area (Å²) in [5.74, 6) is 0. The van der Waals surface area contributed by atoms with Crippen molar-refractivity contribution in [3.8, 4) is 0 Å². The third-order valence-electron chi connectivity index (χ3n) is 2.90. The van der Waals surface area contributed by atoms with Crippen LogP contribution in [0, 0.1) is 6.92 Å². The number of nitrogens with zero attached hydrogens (tertiary/aromatic N) is 1. The van der Waals surface area contributed by atoms with Crippen LogP contribution in [0.15, 0.2) is 30.6 Å². The maximum atomic E-state index is 5.81. The maximum Gasteiger partial charge on any atom is 0.183 e. The Hall–Kier alpha value is -1.52. The molecule has 0 amide bonds. The van der Waals surface area contributed by atoms with Gasteiger partial charge in [-0.25, -0.2) is 4.98 Å².